The summed E-state index contributed by atoms with van der Waals surface area (Å²) in [4.78, 5) is 78.9. The van der Waals surface area contributed by atoms with Crippen LogP contribution in [0.25, 0.3) is 11.4 Å². The fraction of sp³-hybridized carbons (Fsp3) is 0.280. The Hall–Kier alpha value is -10.4. The molecule has 4 aromatic carbocycles. The maximum Gasteiger partial charge on any atom is 0.315 e. The van der Waals surface area contributed by atoms with Gasteiger partial charge in [-0.05, 0) is 55.0 Å². The number of amides is 6. The molecule has 0 radical (unpaired) electrons. The number of primary amides is 2. The van der Waals surface area contributed by atoms with Gasteiger partial charge in [0.2, 0.25) is 11.7 Å². The van der Waals surface area contributed by atoms with Crippen LogP contribution in [-0.4, -0.2) is 210 Å². The van der Waals surface area contributed by atoms with Crippen molar-refractivity contribution in [3.8, 4) is 68.9 Å². The highest BCUT2D eigenvalue weighted by Crippen LogP contribution is 2.62. The zero-order valence-corrected chi connectivity index (χ0v) is 45.1. The molecule has 40 heteroatoms. The Bertz CT molecular complexity index is 4060. The Morgan fingerprint density at radius 3 is 1.24 bits per heavy atom. The van der Waals surface area contributed by atoms with E-state index in [4.69, 9.17) is 20.9 Å². The average Bonchev–Trinajstić information content (AvgIpc) is 1.59. The van der Waals surface area contributed by atoms with Crippen LogP contribution < -0.4 is 40.5 Å². The molecule has 6 heterocycles. The summed E-state index contributed by atoms with van der Waals surface area (Å²) in [5.41, 5.74) is -4.41. The van der Waals surface area contributed by atoms with Crippen molar-refractivity contribution in [3.63, 3.8) is 0 Å². The summed E-state index contributed by atoms with van der Waals surface area (Å²) in [6.45, 7) is -0.904. The van der Waals surface area contributed by atoms with Crippen molar-refractivity contribution in [1.29, 1.82) is 0 Å². The number of hydrogen-bond acceptors (Lipinski definition) is 32. The number of ether oxygens (including phenoxy) is 2. The summed E-state index contributed by atoms with van der Waals surface area (Å²) in [6, 6.07) is 8.89. The molecule has 0 saturated carbocycles. The fourth-order valence-electron chi connectivity index (χ4n) is 10.7. The molecule has 40 nitrogen and oxygen atoms in total. The van der Waals surface area contributed by atoms with Gasteiger partial charge in [-0.1, -0.05) is 0 Å². The molecule has 2 saturated heterocycles. The van der Waals surface area contributed by atoms with E-state index in [0.29, 0.717) is 9.36 Å². The Kier molecular flexibility index (Phi) is 13.9. The van der Waals surface area contributed by atoms with E-state index in [1.165, 1.54) is 31.4 Å². The molecule has 0 spiro atoms. The summed E-state index contributed by atoms with van der Waals surface area (Å²) in [5, 5.41) is 254. The SMILES string of the molecule is COc1ccc(-n2nc(C(N)=O)c3c2C(=O)N(c2c(O)c(O)c(N4C(=O)CCC(COc5ccc(-n6nc(C(N)=O)c7c6C(=O)N(c6c(O)c(O)c(N8C(=O)C(O)(O)CCC8(O)O)c(O)c6O)C(O)(O)C7(O)O)cc5)C4(O)O)c(O)c2O)C(O)(O)C3(O)O)cc1. The highest BCUT2D eigenvalue weighted by molar-refractivity contribution is 6.15. The molecule has 4 aliphatic rings. The number of hydrogen-bond donors (Lipinski definition) is 24. The van der Waals surface area contributed by atoms with Crippen LogP contribution in [0.3, 0.4) is 0 Å². The lowest BCUT2D eigenvalue weighted by molar-refractivity contribution is -0.364. The van der Waals surface area contributed by atoms with Gasteiger partial charge in [0.15, 0.2) is 57.4 Å². The van der Waals surface area contributed by atoms with Crippen molar-refractivity contribution < 1.29 is 151 Å². The van der Waals surface area contributed by atoms with Crippen LogP contribution in [0.1, 0.15) is 78.8 Å². The van der Waals surface area contributed by atoms with Crippen LogP contribution in [0.15, 0.2) is 48.5 Å². The van der Waals surface area contributed by atoms with Gasteiger partial charge in [0.05, 0.1) is 42.1 Å². The third kappa shape index (κ3) is 8.55. The smallest absolute Gasteiger partial charge is 0.315 e. The second-order valence-electron chi connectivity index (χ2n) is 20.7. The molecule has 4 aliphatic heterocycles. The number of methoxy groups -OCH3 is 1. The zero-order chi connectivity index (χ0) is 66.7. The molecule has 26 N–H and O–H groups in total. The predicted molar refractivity (Wildman–Crippen MR) is 281 cm³/mol. The molecular formula is C50H48N10O30. The molecule has 6 aromatic rings. The number of phenolic OH excluding ortho intramolecular Hbond substituents is 8. The second-order valence-corrected chi connectivity index (χ2v) is 20.7. The molecule has 2 aromatic heterocycles. The normalized spacial score (nSPS) is 20.2. The Morgan fingerprint density at radius 2 is 0.878 bits per heavy atom. The van der Waals surface area contributed by atoms with Gasteiger partial charge < -0.3 is 133 Å². The molecule has 10 rings (SSSR count). The average molecular weight is 1270 g/mol. The lowest BCUT2D eigenvalue weighted by Crippen LogP contribution is -2.68. The van der Waals surface area contributed by atoms with Crippen LogP contribution in [0.2, 0.25) is 0 Å². The minimum Gasteiger partial charge on any atom is -0.503 e. The monoisotopic (exact) mass is 1270 g/mol. The number of fused-ring (bicyclic) bond motifs is 2. The largest absolute Gasteiger partial charge is 0.503 e. The first-order valence-electron chi connectivity index (χ1n) is 25.3. The first kappa shape index (κ1) is 62.6. The van der Waals surface area contributed by atoms with Crippen LogP contribution in [-0.2, 0) is 21.2 Å². The second kappa shape index (κ2) is 20.0. The highest BCUT2D eigenvalue weighted by atomic mass is 16.6. The number of benzene rings is 4. The molecule has 6 amide bonds. The molecule has 478 valence electrons. The number of anilines is 4. The summed E-state index contributed by atoms with van der Waals surface area (Å²) in [7, 11) is 1.29. The number of aromatic nitrogens is 4. The van der Waals surface area contributed by atoms with E-state index in [0.717, 1.165) is 24.3 Å². The zero-order valence-electron chi connectivity index (χ0n) is 45.1. The lowest BCUT2D eigenvalue weighted by Gasteiger charge is -2.46. The first-order valence-corrected chi connectivity index (χ1v) is 25.3. The molecule has 0 aliphatic carbocycles. The van der Waals surface area contributed by atoms with E-state index in [1.807, 2.05) is 0 Å². The highest BCUT2D eigenvalue weighted by Gasteiger charge is 2.68. The quantitative estimate of drug-likeness (QED) is 0.0307. The van der Waals surface area contributed by atoms with Gasteiger partial charge in [-0.15, -0.1) is 0 Å². The number of rotatable bonds is 12. The molecule has 0 bridgehead atoms. The van der Waals surface area contributed by atoms with Gasteiger partial charge in [-0.3, -0.25) is 33.7 Å². The molecule has 1 unspecified atom stereocenters. The third-order valence-electron chi connectivity index (χ3n) is 15.3. The van der Waals surface area contributed by atoms with Crippen LogP contribution in [0, 0.1) is 5.92 Å². The van der Waals surface area contributed by atoms with Crippen LogP contribution in [0.4, 0.5) is 22.7 Å². The maximum atomic E-state index is 14.6. The van der Waals surface area contributed by atoms with E-state index in [1.54, 1.807) is 0 Å². The lowest BCUT2D eigenvalue weighted by atomic mass is 9.91. The van der Waals surface area contributed by atoms with Crippen molar-refractivity contribution in [2.45, 2.75) is 66.7 Å². The number of nitrogens with two attached hydrogens (primary N) is 2. The number of aliphatic hydroxyl groups is 14. The molecule has 1 atom stereocenters. The molecular weight excluding hydrogens is 1220 g/mol. The van der Waals surface area contributed by atoms with Gasteiger partial charge in [0, 0.05) is 19.3 Å². The fourth-order valence-corrected chi connectivity index (χ4v) is 10.7. The summed E-state index contributed by atoms with van der Waals surface area (Å²) in [6.07, 6.45) is -3.51. The van der Waals surface area contributed by atoms with Crippen molar-refractivity contribution in [2.24, 2.45) is 17.4 Å². The number of carbonyl (C=O) groups excluding carboxylic acids is 6. The topological polar surface area (TPSA) is 667 Å². The van der Waals surface area contributed by atoms with E-state index in [-0.39, 0.29) is 22.1 Å². The van der Waals surface area contributed by atoms with Gasteiger partial charge in [0.1, 0.15) is 45.6 Å². The van der Waals surface area contributed by atoms with Gasteiger partial charge in [0.25, 0.3) is 52.9 Å². The van der Waals surface area contributed by atoms with E-state index < -0.39 is 238 Å². The Morgan fingerprint density at radius 1 is 0.522 bits per heavy atom. The van der Waals surface area contributed by atoms with E-state index >= 15 is 0 Å². The number of aromatic hydroxyl groups is 8. The van der Waals surface area contributed by atoms with E-state index in [2.05, 4.69) is 10.2 Å². The first-order chi connectivity index (χ1) is 41.6. The van der Waals surface area contributed by atoms with Crippen molar-refractivity contribution in [1.82, 2.24) is 19.6 Å². The van der Waals surface area contributed by atoms with Gasteiger partial charge >= 0.3 is 11.8 Å². The minimum absolute atomic E-state index is 0.173. The molecule has 90 heavy (non-hydrogen) atoms. The maximum absolute atomic E-state index is 14.6. The van der Waals surface area contributed by atoms with Crippen molar-refractivity contribution in [2.75, 3.05) is 33.3 Å². The Balaban J connectivity index is 0.962. The minimum atomic E-state index is -4.66. The predicted octanol–water partition coefficient (Wildman–Crippen LogP) is -7.31. The van der Waals surface area contributed by atoms with Gasteiger partial charge in [-0.25, -0.2) is 24.1 Å². The Labute approximate surface area is 496 Å². The third-order valence-corrected chi connectivity index (χ3v) is 15.3. The number of carbonyl (C=O) groups is 6. The summed E-state index contributed by atoms with van der Waals surface area (Å²) >= 11 is 0. The van der Waals surface area contributed by atoms with Gasteiger partial charge in [-0.2, -0.15) is 10.2 Å². The summed E-state index contributed by atoms with van der Waals surface area (Å²) in [5.74, 6) is -56.7. The summed E-state index contributed by atoms with van der Waals surface area (Å²) < 4.78 is 11.7. The number of phenols is 8. The standard InChI is InChI=1S/C50H48N10O30/c1-89-18-7-3-16(4-8-18)59-25-21(23(53-59)39(51)70)46(79,80)49(85,86)56(41(25)72)28-33(64)31(62)27(32(63)34(28)65)55-20(61)11-2-15(48(55,83)84)14-90-19-9-5-17(6-10-19)60-26-22(24(54-60)40(52)71)47(81,82)50(87,88)57(42(26)73)29-35(66)37(68)30(38(69)36(29)67)58-43(74)44(75,76)12-13-45(58,77)78/h3-10,15,62-69,75-88H,2,11-14H2,1H3,(H2,51,70)(H2,52,71). The van der Waals surface area contributed by atoms with Crippen LogP contribution >= 0.6 is 0 Å². The number of nitrogens with zero attached hydrogens (tertiary/aromatic N) is 8. The number of piperidine rings is 2. The van der Waals surface area contributed by atoms with E-state index in [9.17, 15) is 141 Å². The van der Waals surface area contributed by atoms with Crippen molar-refractivity contribution >= 4 is 58.2 Å². The molecule has 2 fully saturated rings. The van der Waals surface area contributed by atoms with Crippen molar-refractivity contribution in [3.05, 3.63) is 82.4 Å². The van der Waals surface area contributed by atoms with Crippen LogP contribution in [0.5, 0.6) is 57.5 Å².